The van der Waals surface area contributed by atoms with E-state index in [1.54, 1.807) is 7.11 Å². The van der Waals surface area contributed by atoms with Crippen LogP contribution >= 0.6 is 12.4 Å². The molecule has 1 aromatic rings. The quantitative estimate of drug-likeness (QED) is 0.874. The van der Waals surface area contributed by atoms with Gasteiger partial charge in [0.1, 0.15) is 0 Å². The van der Waals surface area contributed by atoms with E-state index < -0.39 is 0 Å². The van der Waals surface area contributed by atoms with Crippen LogP contribution in [0, 0.1) is 5.92 Å². The van der Waals surface area contributed by atoms with Crippen LogP contribution in [0.25, 0.3) is 0 Å². The third-order valence-corrected chi connectivity index (χ3v) is 3.91. The van der Waals surface area contributed by atoms with Crippen molar-refractivity contribution in [3.63, 3.8) is 0 Å². The predicted octanol–water partition coefficient (Wildman–Crippen LogP) is 2.69. The number of nitrogens with zero attached hydrogens (tertiary/aromatic N) is 1. The summed E-state index contributed by atoms with van der Waals surface area (Å²) in [5.41, 5.74) is 2.67. The molecule has 4 heteroatoms. The van der Waals surface area contributed by atoms with E-state index in [0.717, 1.165) is 19.0 Å². The van der Waals surface area contributed by atoms with E-state index >= 15 is 0 Å². The van der Waals surface area contributed by atoms with E-state index in [2.05, 4.69) is 34.5 Å². The first-order valence-electron chi connectivity index (χ1n) is 7.25. The molecule has 20 heavy (non-hydrogen) atoms. The van der Waals surface area contributed by atoms with Crippen LogP contribution in [0.1, 0.15) is 24.0 Å². The lowest BCUT2D eigenvalue weighted by Gasteiger charge is -2.32. The van der Waals surface area contributed by atoms with Crippen LogP contribution in [0.3, 0.4) is 0 Å². The number of hydrogen-bond donors (Lipinski definition) is 1. The average molecular weight is 299 g/mol. The molecule has 2 rings (SSSR count). The van der Waals surface area contributed by atoms with Crippen molar-refractivity contribution >= 4 is 12.4 Å². The molecule has 0 aliphatic carbocycles. The minimum Gasteiger partial charge on any atom is -0.380 e. The van der Waals surface area contributed by atoms with Gasteiger partial charge in [0.2, 0.25) is 0 Å². The second kappa shape index (κ2) is 9.35. The van der Waals surface area contributed by atoms with Gasteiger partial charge in [0, 0.05) is 13.7 Å². The van der Waals surface area contributed by atoms with Gasteiger partial charge in [-0.15, -0.1) is 12.4 Å². The zero-order valence-corrected chi connectivity index (χ0v) is 13.4. The molecule has 1 N–H and O–H groups in total. The Kier molecular flexibility index (Phi) is 8.15. The van der Waals surface area contributed by atoms with Crippen molar-refractivity contribution in [1.29, 1.82) is 0 Å². The molecule has 0 spiro atoms. The SMILES string of the molecule is CNCC1CCN(Cc2cccc(COC)c2)CC1.Cl. The first-order valence-corrected chi connectivity index (χ1v) is 7.25. The van der Waals surface area contributed by atoms with Gasteiger partial charge in [-0.2, -0.15) is 0 Å². The van der Waals surface area contributed by atoms with Gasteiger partial charge in [-0.25, -0.2) is 0 Å². The minimum atomic E-state index is 0. The molecule has 0 saturated carbocycles. The average Bonchev–Trinajstić information content (AvgIpc) is 2.42. The number of ether oxygens (including phenoxy) is 1. The van der Waals surface area contributed by atoms with Crippen molar-refractivity contribution in [2.45, 2.75) is 26.0 Å². The lowest BCUT2D eigenvalue weighted by Crippen LogP contribution is -2.36. The standard InChI is InChI=1S/C16H26N2O.ClH/c1-17-11-14-6-8-18(9-7-14)12-15-4-3-5-16(10-15)13-19-2;/h3-5,10,14,17H,6-9,11-13H2,1-2H3;1H. The molecule has 1 saturated heterocycles. The van der Waals surface area contributed by atoms with E-state index in [0.29, 0.717) is 6.61 Å². The van der Waals surface area contributed by atoms with Gasteiger partial charge in [0.05, 0.1) is 6.61 Å². The molecule has 0 unspecified atom stereocenters. The predicted molar refractivity (Wildman–Crippen MR) is 86.3 cm³/mol. The second-order valence-electron chi connectivity index (χ2n) is 5.53. The highest BCUT2D eigenvalue weighted by Crippen LogP contribution is 2.18. The highest BCUT2D eigenvalue weighted by atomic mass is 35.5. The summed E-state index contributed by atoms with van der Waals surface area (Å²) in [5.74, 6) is 0.862. The first-order chi connectivity index (χ1) is 9.31. The van der Waals surface area contributed by atoms with Gasteiger partial charge < -0.3 is 10.1 Å². The van der Waals surface area contributed by atoms with Crippen molar-refractivity contribution in [2.24, 2.45) is 5.92 Å². The van der Waals surface area contributed by atoms with Crippen LogP contribution in [0.5, 0.6) is 0 Å². The fourth-order valence-electron chi connectivity index (χ4n) is 2.88. The number of rotatable bonds is 6. The highest BCUT2D eigenvalue weighted by molar-refractivity contribution is 5.85. The molecule has 1 heterocycles. The van der Waals surface area contributed by atoms with Gasteiger partial charge in [-0.3, -0.25) is 4.90 Å². The summed E-state index contributed by atoms with van der Waals surface area (Å²) in [6, 6.07) is 8.76. The van der Waals surface area contributed by atoms with Gasteiger partial charge in [-0.05, 0) is 56.6 Å². The molecule has 0 aromatic heterocycles. The van der Waals surface area contributed by atoms with Crippen molar-refractivity contribution < 1.29 is 4.74 Å². The van der Waals surface area contributed by atoms with Crippen molar-refractivity contribution in [2.75, 3.05) is 33.8 Å². The topological polar surface area (TPSA) is 24.5 Å². The summed E-state index contributed by atoms with van der Waals surface area (Å²) in [7, 11) is 3.80. The van der Waals surface area contributed by atoms with E-state index in [-0.39, 0.29) is 12.4 Å². The molecule has 1 fully saturated rings. The molecule has 1 aliphatic rings. The van der Waals surface area contributed by atoms with Gasteiger partial charge >= 0.3 is 0 Å². The lowest BCUT2D eigenvalue weighted by atomic mass is 9.96. The zero-order chi connectivity index (χ0) is 13.5. The number of halogens is 1. The molecule has 0 bridgehead atoms. The van der Waals surface area contributed by atoms with Gasteiger partial charge in [0.15, 0.2) is 0 Å². The van der Waals surface area contributed by atoms with Crippen LogP contribution in [0.15, 0.2) is 24.3 Å². The monoisotopic (exact) mass is 298 g/mol. The summed E-state index contributed by atoms with van der Waals surface area (Å²) >= 11 is 0. The smallest absolute Gasteiger partial charge is 0.0713 e. The summed E-state index contributed by atoms with van der Waals surface area (Å²) < 4.78 is 5.19. The van der Waals surface area contributed by atoms with Crippen LogP contribution in [-0.2, 0) is 17.9 Å². The molecule has 1 aliphatic heterocycles. The Balaban J connectivity index is 0.00000200. The third-order valence-electron chi connectivity index (χ3n) is 3.91. The Morgan fingerprint density at radius 1 is 1.25 bits per heavy atom. The lowest BCUT2D eigenvalue weighted by molar-refractivity contribution is 0.175. The molecular weight excluding hydrogens is 272 g/mol. The molecule has 114 valence electrons. The van der Waals surface area contributed by atoms with E-state index in [9.17, 15) is 0 Å². The fraction of sp³-hybridized carbons (Fsp3) is 0.625. The molecule has 1 aromatic carbocycles. The van der Waals surface area contributed by atoms with E-state index in [1.165, 1.54) is 37.1 Å². The molecule has 0 atom stereocenters. The summed E-state index contributed by atoms with van der Waals surface area (Å²) in [6.45, 7) is 5.39. The second-order valence-corrected chi connectivity index (χ2v) is 5.53. The minimum absolute atomic E-state index is 0. The number of nitrogens with one attached hydrogen (secondary N) is 1. The maximum atomic E-state index is 5.19. The van der Waals surface area contributed by atoms with Crippen LogP contribution in [0.4, 0.5) is 0 Å². The zero-order valence-electron chi connectivity index (χ0n) is 12.6. The Labute approximate surface area is 129 Å². The maximum Gasteiger partial charge on any atom is 0.0713 e. The summed E-state index contributed by atoms with van der Waals surface area (Å²) in [6.07, 6.45) is 2.64. The number of methoxy groups -OCH3 is 1. The van der Waals surface area contributed by atoms with Gasteiger partial charge in [0.25, 0.3) is 0 Å². The Morgan fingerprint density at radius 2 is 1.95 bits per heavy atom. The number of benzene rings is 1. The summed E-state index contributed by atoms with van der Waals surface area (Å²) in [4.78, 5) is 2.57. The van der Waals surface area contributed by atoms with Crippen LogP contribution in [-0.4, -0.2) is 38.7 Å². The fourth-order valence-corrected chi connectivity index (χ4v) is 2.88. The molecule has 0 radical (unpaired) electrons. The Morgan fingerprint density at radius 3 is 2.60 bits per heavy atom. The maximum absolute atomic E-state index is 5.19. The molecule has 0 amide bonds. The van der Waals surface area contributed by atoms with Crippen molar-refractivity contribution in [3.8, 4) is 0 Å². The third kappa shape index (κ3) is 5.41. The number of likely N-dealkylation sites (tertiary alicyclic amines) is 1. The molecular formula is C16H27ClN2O. The van der Waals surface area contributed by atoms with Crippen LogP contribution < -0.4 is 5.32 Å². The highest BCUT2D eigenvalue weighted by Gasteiger charge is 2.18. The van der Waals surface area contributed by atoms with Crippen molar-refractivity contribution in [3.05, 3.63) is 35.4 Å². The molecule has 3 nitrogen and oxygen atoms in total. The normalized spacial score (nSPS) is 16.9. The van der Waals surface area contributed by atoms with E-state index in [1.807, 2.05) is 7.05 Å². The largest absolute Gasteiger partial charge is 0.380 e. The first kappa shape index (κ1) is 17.4. The number of piperidine rings is 1. The summed E-state index contributed by atoms with van der Waals surface area (Å²) in [5, 5.41) is 3.29. The van der Waals surface area contributed by atoms with Gasteiger partial charge in [-0.1, -0.05) is 24.3 Å². The Bertz CT molecular complexity index is 378. The number of hydrogen-bond acceptors (Lipinski definition) is 3. The van der Waals surface area contributed by atoms with E-state index in [4.69, 9.17) is 4.74 Å². The van der Waals surface area contributed by atoms with Crippen molar-refractivity contribution in [1.82, 2.24) is 10.2 Å². The Hall–Kier alpha value is -0.610. The van der Waals surface area contributed by atoms with Crippen LogP contribution in [0.2, 0.25) is 0 Å².